The molecule has 0 aliphatic carbocycles. The second-order valence-electron chi connectivity index (χ2n) is 19.1. The number of thioether (sulfide) groups is 2. The van der Waals surface area contributed by atoms with Crippen LogP contribution in [0.1, 0.15) is 195 Å². The molecule has 11 heteroatoms. The van der Waals surface area contributed by atoms with Gasteiger partial charge in [0.1, 0.15) is 0 Å². The van der Waals surface area contributed by atoms with Gasteiger partial charge >= 0.3 is 0 Å². The molecule has 0 saturated heterocycles. The summed E-state index contributed by atoms with van der Waals surface area (Å²) in [7, 11) is 0. The molecule has 0 rings (SSSR count). The van der Waals surface area contributed by atoms with E-state index in [2.05, 4.69) is 101 Å². The van der Waals surface area contributed by atoms with Crippen LogP contribution in [-0.4, -0.2) is 121 Å². The molecule has 4 atom stereocenters. The molecule has 0 aliphatic heterocycles. The predicted molar refractivity (Wildman–Crippen MR) is 313 cm³/mol. The molecule has 0 heterocycles. The molecule has 72 heavy (non-hydrogen) atoms. The maximum atomic E-state index is 12.9. The van der Waals surface area contributed by atoms with Crippen molar-refractivity contribution < 1.29 is 34.8 Å². The quantitative estimate of drug-likeness (QED) is 0.0263. The van der Waals surface area contributed by atoms with E-state index in [1.165, 1.54) is 77.0 Å². The van der Waals surface area contributed by atoms with Crippen molar-refractivity contribution in [3.05, 3.63) is 97.2 Å². The fraction of sp³-hybridized carbons (Fsp3) is 0.689. The van der Waals surface area contributed by atoms with Crippen molar-refractivity contribution in [2.45, 2.75) is 219 Å². The van der Waals surface area contributed by atoms with E-state index in [9.17, 15) is 34.8 Å². The van der Waals surface area contributed by atoms with Gasteiger partial charge in [0.15, 0.2) is 5.12 Å². The number of hydrogen-bond acceptors (Lipinski definition) is 11. The Balaban J connectivity index is 5.22. The van der Waals surface area contributed by atoms with E-state index in [0.717, 1.165) is 74.9 Å². The van der Waals surface area contributed by atoms with Gasteiger partial charge in [-0.1, -0.05) is 200 Å². The first-order valence-electron chi connectivity index (χ1n) is 28.3. The first kappa shape index (κ1) is 69.4. The number of ketones is 1. The van der Waals surface area contributed by atoms with E-state index >= 15 is 0 Å². The number of aliphatic hydroxyl groups excluding tert-OH is 4. The Labute approximate surface area is 449 Å². The third-order valence-electron chi connectivity index (χ3n) is 11.9. The van der Waals surface area contributed by atoms with Crippen molar-refractivity contribution in [1.29, 1.82) is 0 Å². The Morgan fingerprint density at radius 2 is 0.681 bits per heavy atom. The van der Waals surface area contributed by atoms with Crippen LogP contribution in [-0.2, 0) is 14.4 Å². The first-order valence-corrected chi connectivity index (χ1v) is 30.2. The topological polar surface area (TPSA) is 139 Å². The highest BCUT2D eigenvalue weighted by Crippen LogP contribution is 2.15. The van der Waals surface area contributed by atoms with Gasteiger partial charge in [-0.05, 0) is 103 Å². The van der Waals surface area contributed by atoms with E-state index in [1.807, 2.05) is 34.1 Å². The van der Waals surface area contributed by atoms with Crippen LogP contribution in [0.3, 0.4) is 0 Å². The molecule has 4 unspecified atom stereocenters. The molecule has 4 N–H and O–H groups in total. The van der Waals surface area contributed by atoms with Gasteiger partial charge in [-0.15, -0.1) is 0 Å². The molecule has 0 amide bonds. The summed E-state index contributed by atoms with van der Waals surface area (Å²) in [6.07, 6.45) is 55.2. The molecule has 0 saturated carbocycles. The lowest BCUT2D eigenvalue weighted by Crippen LogP contribution is -2.39. The summed E-state index contributed by atoms with van der Waals surface area (Å²) < 4.78 is 0. The number of allylic oxidation sites excluding steroid dienone is 12. The molecule has 0 fully saturated rings. The zero-order chi connectivity index (χ0) is 53.0. The molecule has 0 aliphatic rings. The van der Waals surface area contributed by atoms with Crippen LogP contribution in [0.5, 0.6) is 0 Å². The zero-order valence-electron chi connectivity index (χ0n) is 45.8. The highest BCUT2D eigenvalue weighted by Gasteiger charge is 2.20. The van der Waals surface area contributed by atoms with E-state index < -0.39 is 35.3 Å². The van der Waals surface area contributed by atoms with Crippen molar-refractivity contribution in [2.24, 2.45) is 0 Å². The molecular weight excluding hydrogens is 937 g/mol. The van der Waals surface area contributed by atoms with Gasteiger partial charge in [-0.25, -0.2) is 0 Å². The van der Waals surface area contributed by atoms with Crippen LogP contribution in [0.4, 0.5) is 0 Å². The Hall–Kier alpha value is -2.61. The normalized spacial score (nSPS) is 14.5. The van der Waals surface area contributed by atoms with Crippen molar-refractivity contribution >= 4 is 39.5 Å². The average Bonchev–Trinajstić information content (AvgIpc) is 3.35. The van der Waals surface area contributed by atoms with Gasteiger partial charge in [0.05, 0.1) is 24.4 Å². The van der Waals surface area contributed by atoms with Crippen molar-refractivity contribution in [3.63, 3.8) is 0 Å². The molecule has 0 bridgehead atoms. The number of carbonyl (C=O) groups excluding carboxylic acids is 3. The van der Waals surface area contributed by atoms with Crippen LogP contribution in [0.15, 0.2) is 97.2 Å². The van der Waals surface area contributed by atoms with Crippen molar-refractivity contribution in [3.8, 4) is 0 Å². The van der Waals surface area contributed by atoms with Crippen molar-refractivity contribution in [1.82, 2.24) is 9.80 Å². The second-order valence-corrected chi connectivity index (χ2v) is 21.3. The smallest absolute Gasteiger partial charge is 0.255 e. The summed E-state index contributed by atoms with van der Waals surface area (Å²) in [4.78, 5) is 42.7. The number of rotatable bonds is 50. The molecule has 0 aromatic carbocycles. The van der Waals surface area contributed by atoms with E-state index in [-0.39, 0.29) is 18.0 Å². The molecule has 412 valence electrons. The van der Waals surface area contributed by atoms with Gasteiger partial charge in [0.2, 0.25) is 5.78 Å². The highest BCUT2D eigenvalue weighted by atomic mass is 32.2. The Morgan fingerprint density at radius 1 is 0.389 bits per heavy atom. The third-order valence-corrected chi connectivity index (χ3v) is 13.7. The minimum atomic E-state index is -0.650. The predicted octanol–water partition coefficient (Wildman–Crippen LogP) is 13.8. The third kappa shape index (κ3) is 48.3. The minimum Gasteiger partial charge on any atom is -0.391 e. The summed E-state index contributed by atoms with van der Waals surface area (Å²) in [5.41, 5.74) is 0. The second kappa shape index (κ2) is 53.2. The Bertz CT molecular complexity index is 1460. The van der Waals surface area contributed by atoms with Crippen LogP contribution in [0, 0.1) is 0 Å². The van der Waals surface area contributed by atoms with E-state index in [4.69, 9.17) is 0 Å². The number of carbonyl (C=O) groups is 3. The fourth-order valence-electron chi connectivity index (χ4n) is 7.65. The summed E-state index contributed by atoms with van der Waals surface area (Å²) in [6.45, 7) is 11.0. The molecule has 9 nitrogen and oxygen atoms in total. The standard InChI is InChI=1S/C61H104N2O7S2/c1-5-9-13-17-21-25-29-33-37-41-55(64)51-62(52-56(65)42-38-34-30-26-22-18-14-10-6-2)47-49-71-60(69)46-45-59(68)61(70)72-50-48-63(53-57(66)43-39-35-31-27-23-19-15-11-7-3)54-58(67)44-40-36-32-28-24-20-16-12-8-4/h21-28,33-40,55-58,64-67H,5-20,29-32,41-54H2,1-4H3/b25-21-,26-22-,27-23-,28-24-,37-33-,38-34-,39-35-,40-36-. The molecule has 0 radical (unpaired) electrons. The molecular formula is C61H104N2O7S2. The summed E-state index contributed by atoms with van der Waals surface area (Å²) in [5.74, 6) is 0.149. The Kier molecular flexibility index (Phi) is 51.3. The van der Waals surface area contributed by atoms with Crippen LogP contribution < -0.4 is 0 Å². The summed E-state index contributed by atoms with van der Waals surface area (Å²) >= 11 is 2.03. The SMILES string of the molecule is CCCCC/C=C\C/C=C\CC(O)CN(CCSC(=O)CCC(=O)C(=O)SCCN(CC(O)C/C=C\C/C=C\CCCCC)CC(O)C/C=C\C/C=C\CCCCC)CC(O)C/C=C\C/C=C\CCCCC. The molecule has 0 aromatic heterocycles. The highest BCUT2D eigenvalue weighted by molar-refractivity contribution is 8.15. The lowest BCUT2D eigenvalue weighted by Gasteiger charge is -2.26. The lowest BCUT2D eigenvalue weighted by atomic mass is 10.1. The number of Topliss-reactive ketones (excluding diaryl/α,β-unsaturated/α-hetero) is 1. The number of aliphatic hydroxyl groups is 4. The van der Waals surface area contributed by atoms with Crippen LogP contribution in [0.2, 0.25) is 0 Å². The first-order chi connectivity index (χ1) is 35.1. The van der Waals surface area contributed by atoms with Gasteiger partial charge < -0.3 is 20.4 Å². The maximum absolute atomic E-state index is 12.9. The van der Waals surface area contributed by atoms with Crippen LogP contribution >= 0.6 is 23.5 Å². The molecule has 0 spiro atoms. The summed E-state index contributed by atoms with van der Waals surface area (Å²) in [5, 5.41) is 42.9. The van der Waals surface area contributed by atoms with E-state index in [0.29, 0.717) is 76.5 Å². The number of hydrogen-bond donors (Lipinski definition) is 4. The molecule has 0 aromatic rings. The summed E-state index contributed by atoms with van der Waals surface area (Å²) in [6, 6.07) is 0. The fourth-order valence-corrected chi connectivity index (χ4v) is 9.27. The zero-order valence-corrected chi connectivity index (χ0v) is 47.4. The number of unbranched alkanes of at least 4 members (excludes halogenated alkanes) is 12. The van der Waals surface area contributed by atoms with Gasteiger partial charge in [-0.3, -0.25) is 24.2 Å². The average molecular weight is 1040 g/mol. The minimum absolute atomic E-state index is 0.0500. The van der Waals surface area contributed by atoms with Crippen molar-refractivity contribution in [2.75, 3.05) is 50.8 Å². The van der Waals surface area contributed by atoms with Crippen LogP contribution in [0.25, 0.3) is 0 Å². The van der Waals surface area contributed by atoms with Gasteiger partial charge in [0, 0.05) is 63.6 Å². The largest absolute Gasteiger partial charge is 0.391 e. The Morgan fingerprint density at radius 3 is 0.986 bits per heavy atom. The van der Waals surface area contributed by atoms with Gasteiger partial charge in [0.25, 0.3) is 5.12 Å². The van der Waals surface area contributed by atoms with E-state index in [1.54, 1.807) is 0 Å². The number of nitrogens with zero attached hydrogens (tertiary/aromatic N) is 2. The van der Waals surface area contributed by atoms with Gasteiger partial charge in [-0.2, -0.15) is 0 Å². The monoisotopic (exact) mass is 1040 g/mol. The lowest BCUT2D eigenvalue weighted by molar-refractivity contribution is -0.132. The maximum Gasteiger partial charge on any atom is 0.255 e.